The number of nitrogens with one attached hydrogen (secondary N) is 2. The highest BCUT2D eigenvalue weighted by Crippen LogP contribution is 2.31. The van der Waals surface area contributed by atoms with Crippen LogP contribution in [0.1, 0.15) is 25.3 Å². The minimum atomic E-state index is -0.222. The number of benzene rings is 3. The topological polar surface area (TPSA) is 83.5 Å². The first kappa shape index (κ1) is 22.6. The second-order valence-electron chi connectivity index (χ2n) is 7.95. The molecule has 4 rings (SSSR count). The first-order chi connectivity index (χ1) is 16.2. The number of pyridine rings is 1. The van der Waals surface area contributed by atoms with Gasteiger partial charge in [0.05, 0.1) is 36.4 Å². The zero-order valence-corrected chi connectivity index (χ0v) is 18.8. The van der Waals surface area contributed by atoms with E-state index in [-0.39, 0.29) is 25.0 Å². The van der Waals surface area contributed by atoms with Crippen LogP contribution in [-0.2, 0) is 16.1 Å². The summed E-state index contributed by atoms with van der Waals surface area (Å²) in [7, 11) is 0. The maximum absolute atomic E-state index is 12.4. The summed E-state index contributed by atoms with van der Waals surface area (Å²) in [5.41, 5.74) is 4.60. The summed E-state index contributed by atoms with van der Waals surface area (Å²) in [6.07, 6.45) is 0.963. The molecule has 170 valence electrons. The van der Waals surface area contributed by atoms with Crippen LogP contribution in [0.4, 0.5) is 11.4 Å². The van der Waals surface area contributed by atoms with Crippen molar-refractivity contribution in [2.24, 2.45) is 0 Å². The van der Waals surface area contributed by atoms with E-state index in [4.69, 9.17) is 9.72 Å². The van der Waals surface area contributed by atoms with E-state index in [1.54, 1.807) is 0 Å². The van der Waals surface area contributed by atoms with Crippen molar-refractivity contribution in [3.63, 3.8) is 0 Å². The summed E-state index contributed by atoms with van der Waals surface area (Å²) in [5, 5.41) is 18.5. The number of esters is 1. The zero-order valence-electron chi connectivity index (χ0n) is 18.8. The summed E-state index contributed by atoms with van der Waals surface area (Å²) in [4.78, 5) is 17.2. The average Bonchev–Trinajstić information content (AvgIpc) is 2.84. The predicted molar refractivity (Wildman–Crippen MR) is 133 cm³/mol. The van der Waals surface area contributed by atoms with Crippen LogP contribution in [0.2, 0.25) is 0 Å². The molecule has 33 heavy (non-hydrogen) atoms. The highest BCUT2D eigenvalue weighted by Gasteiger charge is 2.18. The van der Waals surface area contributed by atoms with Crippen molar-refractivity contribution in [2.45, 2.75) is 32.4 Å². The molecule has 0 bridgehead atoms. The second-order valence-corrected chi connectivity index (χ2v) is 7.95. The molecule has 3 N–H and O–H groups in total. The van der Waals surface area contributed by atoms with E-state index >= 15 is 0 Å². The van der Waals surface area contributed by atoms with Crippen LogP contribution in [0.3, 0.4) is 0 Å². The number of rotatable bonds is 10. The molecule has 0 fully saturated rings. The van der Waals surface area contributed by atoms with Crippen molar-refractivity contribution in [3.8, 4) is 0 Å². The molecule has 1 aromatic heterocycles. The summed E-state index contributed by atoms with van der Waals surface area (Å²) in [6.45, 7) is 2.84. The molecule has 0 radical (unpaired) electrons. The van der Waals surface area contributed by atoms with Crippen LogP contribution in [-0.4, -0.2) is 35.3 Å². The fraction of sp³-hybridized carbons (Fsp3) is 0.259. The number of hydrogen-bond donors (Lipinski definition) is 3. The molecule has 0 amide bonds. The number of hydrogen-bond acceptors (Lipinski definition) is 6. The van der Waals surface area contributed by atoms with Crippen LogP contribution in [0, 0.1) is 0 Å². The Labute approximate surface area is 193 Å². The lowest BCUT2D eigenvalue weighted by Crippen LogP contribution is -2.27. The molecule has 0 saturated heterocycles. The van der Waals surface area contributed by atoms with Crippen molar-refractivity contribution in [2.75, 3.05) is 23.8 Å². The molecule has 6 nitrogen and oxygen atoms in total. The Morgan fingerprint density at radius 2 is 1.70 bits per heavy atom. The monoisotopic (exact) mass is 443 g/mol. The van der Waals surface area contributed by atoms with E-state index in [0.717, 1.165) is 38.7 Å². The van der Waals surface area contributed by atoms with E-state index in [9.17, 15) is 9.90 Å². The summed E-state index contributed by atoms with van der Waals surface area (Å²) in [5.74, 6) is -0.222. The van der Waals surface area contributed by atoms with Crippen LogP contribution in [0.15, 0.2) is 72.8 Å². The molecule has 0 aliphatic rings. The van der Waals surface area contributed by atoms with Crippen LogP contribution < -0.4 is 10.6 Å². The molecule has 1 atom stereocenters. The van der Waals surface area contributed by atoms with E-state index in [1.807, 2.05) is 67.6 Å². The van der Waals surface area contributed by atoms with Gasteiger partial charge in [0.1, 0.15) is 0 Å². The van der Waals surface area contributed by atoms with E-state index in [2.05, 4.69) is 22.8 Å². The third-order valence-corrected chi connectivity index (χ3v) is 5.59. The molecule has 0 aliphatic carbocycles. The van der Waals surface area contributed by atoms with E-state index in [1.165, 1.54) is 0 Å². The first-order valence-corrected chi connectivity index (χ1v) is 11.3. The van der Waals surface area contributed by atoms with Gasteiger partial charge in [0.25, 0.3) is 0 Å². The van der Waals surface area contributed by atoms with E-state index < -0.39 is 0 Å². The molecule has 4 aromatic rings. The smallest absolute Gasteiger partial charge is 0.307 e. The summed E-state index contributed by atoms with van der Waals surface area (Å²) < 4.78 is 5.24. The third-order valence-electron chi connectivity index (χ3n) is 5.59. The Hall–Kier alpha value is -3.64. The molecule has 0 spiro atoms. The number of para-hydroxylation sites is 2. The lowest BCUT2D eigenvalue weighted by molar-refractivity contribution is -0.143. The maximum Gasteiger partial charge on any atom is 0.307 e. The molecule has 0 saturated carbocycles. The van der Waals surface area contributed by atoms with Gasteiger partial charge in [-0.15, -0.1) is 0 Å². The van der Waals surface area contributed by atoms with Gasteiger partial charge in [0.15, 0.2) is 0 Å². The van der Waals surface area contributed by atoms with Crippen molar-refractivity contribution in [3.05, 3.63) is 78.4 Å². The second kappa shape index (κ2) is 10.8. The number of anilines is 2. The molecule has 6 heteroatoms. The van der Waals surface area contributed by atoms with Gasteiger partial charge in [0.2, 0.25) is 0 Å². The Morgan fingerprint density at radius 3 is 2.36 bits per heavy atom. The van der Waals surface area contributed by atoms with Crippen LogP contribution in [0.25, 0.3) is 21.8 Å². The van der Waals surface area contributed by atoms with Gasteiger partial charge in [-0.1, -0.05) is 48.5 Å². The van der Waals surface area contributed by atoms with Crippen LogP contribution >= 0.6 is 0 Å². The largest absolute Gasteiger partial charge is 0.466 e. The fourth-order valence-electron chi connectivity index (χ4n) is 4.02. The highest BCUT2D eigenvalue weighted by molar-refractivity contribution is 6.07. The fourth-order valence-corrected chi connectivity index (χ4v) is 4.02. The first-order valence-electron chi connectivity index (χ1n) is 11.3. The number of aliphatic hydroxyl groups excluding tert-OH is 1. The Balaban J connectivity index is 1.59. The maximum atomic E-state index is 12.4. The summed E-state index contributed by atoms with van der Waals surface area (Å²) in [6, 6.07) is 23.6. The number of fused-ring (bicyclic) bond motifs is 2. The molecule has 1 unspecified atom stereocenters. The molecular weight excluding hydrogens is 414 g/mol. The minimum absolute atomic E-state index is 0.00471. The van der Waals surface area contributed by atoms with Gasteiger partial charge in [0, 0.05) is 29.0 Å². The van der Waals surface area contributed by atoms with Crippen molar-refractivity contribution in [1.82, 2.24) is 4.98 Å². The number of carbonyl (C=O) groups excluding carboxylic acids is 1. The molecule has 3 aromatic carbocycles. The van der Waals surface area contributed by atoms with Gasteiger partial charge in [-0.25, -0.2) is 4.98 Å². The lowest BCUT2D eigenvalue weighted by atomic mass is 10.0. The van der Waals surface area contributed by atoms with Gasteiger partial charge in [-0.05, 0) is 43.2 Å². The molecular formula is C27H29N3O3. The number of carbonyl (C=O) groups is 1. The third kappa shape index (κ3) is 5.59. The Bertz CT molecular complexity index is 1190. The Morgan fingerprint density at radius 1 is 1.00 bits per heavy atom. The van der Waals surface area contributed by atoms with Gasteiger partial charge in [-0.3, -0.25) is 4.79 Å². The number of aromatic nitrogens is 1. The summed E-state index contributed by atoms with van der Waals surface area (Å²) >= 11 is 0. The Kier molecular flexibility index (Phi) is 7.37. The van der Waals surface area contributed by atoms with Crippen LogP contribution in [0.5, 0.6) is 0 Å². The van der Waals surface area contributed by atoms with Crippen molar-refractivity contribution < 1.29 is 14.6 Å². The lowest BCUT2D eigenvalue weighted by Gasteiger charge is -2.22. The number of nitrogens with zero attached hydrogens (tertiary/aromatic N) is 1. The average molecular weight is 444 g/mol. The normalized spacial score (nSPS) is 11.9. The quantitative estimate of drug-likeness (QED) is 0.233. The van der Waals surface area contributed by atoms with Crippen molar-refractivity contribution in [1.29, 1.82) is 0 Å². The van der Waals surface area contributed by atoms with Gasteiger partial charge < -0.3 is 20.5 Å². The zero-order chi connectivity index (χ0) is 23.0. The van der Waals surface area contributed by atoms with Crippen molar-refractivity contribution >= 4 is 39.1 Å². The van der Waals surface area contributed by atoms with Gasteiger partial charge in [-0.2, -0.15) is 0 Å². The van der Waals surface area contributed by atoms with Gasteiger partial charge >= 0.3 is 5.97 Å². The standard InChI is InChI=1S/C27H29N3O3/c1-2-33-26(32)17-21(14-15-28-20-9-7-8-19(16-20)18-31)29-27-22-10-3-5-12-24(22)30-25-13-6-4-11-23(25)27/h3-13,16,21,28,31H,2,14-15,17-18H2,1H3,(H,29,30). The molecule has 0 aliphatic heterocycles. The molecule has 1 heterocycles. The predicted octanol–water partition coefficient (Wildman–Crippen LogP) is 5.12. The highest BCUT2D eigenvalue weighted by atomic mass is 16.5. The van der Waals surface area contributed by atoms with E-state index in [0.29, 0.717) is 19.6 Å². The minimum Gasteiger partial charge on any atom is -0.466 e. The SMILES string of the molecule is CCOC(=O)CC(CCNc1cccc(CO)c1)Nc1c2ccccc2nc2ccccc12. The number of ether oxygens (including phenoxy) is 1. The number of aliphatic hydroxyl groups is 1.